The number of carbonyl (C=O) groups is 1. The number of carbonyl (C=O) groups excluding carboxylic acids is 1. The minimum absolute atomic E-state index is 0.0299. The van der Waals surface area contributed by atoms with E-state index in [2.05, 4.69) is 36.2 Å². The number of benzene rings is 3. The van der Waals surface area contributed by atoms with Crippen molar-refractivity contribution in [1.29, 1.82) is 0 Å². The summed E-state index contributed by atoms with van der Waals surface area (Å²) in [5.41, 5.74) is 1.03. The second kappa shape index (κ2) is 18.2. The fourth-order valence-corrected chi connectivity index (χ4v) is 5.80. The standard InChI is InChI=1S/C33H41NO4Se/c1-2-3-4-5-6-7-8-12-23-37-29-19-16-27(17-20-29)33(36)38-30-21-18-28(32(35)25-30)26-34-22-13-24-39-31-14-10-9-11-15-31/h9-11,14-21,25-26,35H,2-8,12-13,22-24H2,1H3. The molecule has 0 fully saturated rings. The third-order valence-electron chi connectivity index (χ3n) is 6.24. The van der Waals surface area contributed by atoms with Gasteiger partial charge in [0.05, 0.1) is 6.61 Å². The van der Waals surface area contributed by atoms with Crippen LogP contribution in [0.5, 0.6) is 17.2 Å². The Kier molecular flexibility index (Phi) is 14.3. The van der Waals surface area contributed by atoms with Gasteiger partial charge in [0.25, 0.3) is 0 Å². The van der Waals surface area contributed by atoms with Crippen LogP contribution < -0.4 is 13.9 Å². The fourth-order valence-electron chi connectivity index (χ4n) is 4.00. The van der Waals surface area contributed by atoms with E-state index in [-0.39, 0.29) is 11.5 Å². The first kappa shape index (κ1) is 30.5. The van der Waals surface area contributed by atoms with Crippen LogP contribution >= 0.6 is 0 Å². The van der Waals surface area contributed by atoms with Crippen LogP contribution in [0, 0.1) is 0 Å². The Morgan fingerprint density at radius 2 is 1.54 bits per heavy atom. The van der Waals surface area contributed by atoms with E-state index in [0.29, 0.717) is 39.2 Å². The zero-order chi connectivity index (χ0) is 27.5. The van der Waals surface area contributed by atoms with Gasteiger partial charge in [0, 0.05) is 0 Å². The van der Waals surface area contributed by atoms with Crippen molar-refractivity contribution in [3.63, 3.8) is 0 Å². The molecule has 6 heteroatoms. The molecular formula is C33H41NO4Se. The van der Waals surface area contributed by atoms with E-state index in [1.54, 1.807) is 42.6 Å². The van der Waals surface area contributed by atoms with Crippen LogP contribution in [-0.2, 0) is 0 Å². The molecule has 0 radical (unpaired) electrons. The van der Waals surface area contributed by atoms with E-state index in [1.165, 1.54) is 55.5 Å². The molecule has 0 amide bonds. The third-order valence-corrected chi connectivity index (χ3v) is 8.55. The van der Waals surface area contributed by atoms with Crippen LogP contribution in [0.3, 0.4) is 0 Å². The number of aliphatic imine (C=N–C) groups is 1. The summed E-state index contributed by atoms with van der Waals surface area (Å²) in [7, 11) is 0. The smallest absolute Gasteiger partial charge is 0.0191 e. The Labute approximate surface area is 239 Å². The van der Waals surface area contributed by atoms with Crippen molar-refractivity contribution in [3.8, 4) is 17.2 Å². The van der Waals surface area contributed by atoms with Gasteiger partial charge in [0.15, 0.2) is 0 Å². The topological polar surface area (TPSA) is 68.1 Å². The molecule has 3 aromatic carbocycles. The second-order valence-electron chi connectivity index (χ2n) is 9.51. The molecule has 3 aromatic rings. The van der Waals surface area contributed by atoms with Gasteiger partial charge < -0.3 is 4.74 Å². The van der Waals surface area contributed by atoms with Gasteiger partial charge in [-0.05, 0) is 30.7 Å². The van der Waals surface area contributed by atoms with E-state index in [9.17, 15) is 9.90 Å². The first-order chi connectivity index (χ1) is 19.2. The van der Waals surface area contributed by atoms with Crippen LogP contribution in [0.25, 0.3) is 0 Å². The van der Waals surface area contributed by atoms with Gasteiger partial charge in [0.1, 0.15) is 5.75 Å². The van der Waals surface area contributed by atoms with Crippen molar-refractivity contribution in [3.05, 3.63) is 83.9 Å². The first-order valence-corrected chi connectivity index (χ1v) is 16.2. The molecule has 0 aliphatic carbocycles. The maximum absolute atomic E-state index is 12.6. The van der Waals surface area contributed by atoms with E-state index in [0.717, 1.165) is 23.9 Å². The minimum atomic E-state index is -0.481. The van der Waals surface area contributed by atoms with Crippen molar-refractivity contribution >= 4 is 31.6 Å². The Balaban J connectivity index is 1.34. The van der Waals surface area contributed by atoms with Crippen LogP contribution in [0.2, 0.25) is 5.32 Å². The zero-order valence-electron chi connectivity index (χ0n) is 23.0. The molecule has 3 rings (SSSR count). The monoisotopic (exact) mass is 595 g/mol. The minimum Gasteiger partial charge on any atom is -0.0440 e. The SMILES string of the molecule is CCCCCCCCCCOc1ccc(C(=O)Oc2ccc(C=NCCC[Se]c3ccccc3)c(O)c2)cc1. The van der Waals surface area contributed by atoms with Crippen molar-refractivity contribution < 1.29 is 19.4 Å². The number of rotatable bonds is 18. The van der Waals surface area contributed by atoms with Crippen molar-refractivity contribution in [1.82, 2.24) is 0 Å². The quantitative estimate of drug-likeness (QED) is 0.0549. The molecule has 0 aromatic heterocycles. The van der Waals surface area contributed by atoms with Gasteiger partial charge in [0.2, 0.25) is 0 Å². The molecule has 0 saturated carbocycles. The van der Waals surface area contributed by atoms with Crippen LogP contribution in [-0.4, -0.2) is 45.4 Å². The molecule has 1 N–H and O–H groups in total. The Morgan fingerprint density at radius 1 is 0.846 bits per heavy atom. The summed E-state index contributed by atoms with van der Waals surface area (Å²) in [6.07, 6.45) is 12.8. The number of nitrogens with zero attached hydrogens (tertiary/aromatic N) is 1. The maximum atomic E-state index is 12.6. The van der Waals surface area contributed by atoms with Gasteiger partial charge in [-0.1, -0.05) is 51.9 Å². The molecule has 0 heterocycles. The second-order valence-corrected chi connectivity index (χ2v) is 12.0. The average Bonchev–Trinajstić information content (AvgIpc) is 2.96. The summed E-state index contributed by atoms with van der Waals surface area (Å²) in [6, 6.07) is 22.3. The summed E-state index contributed by atoms with van der Waals surface area (Å²) in [6.45, 7) is 3.64. The number of hydrogen-bond donors (Lipinski definition) is 1. The number of hydrogen-bond acceptors (Lipinski definition) is 5. The summed E-state index contributed by atoms with van der Waals surface area (Å²) < 4.78 is 12.7. The predicted molar refractivity (Wildman–Crippen MR) is 161 cm³/mol. The molecule has 0 saturated heterocycles. The molecule has 0 aliphatic rings. The van der Waals surface area contributed by atoms with Gasteiger partial charge in [-0.25, -0.2) is 0 Å². The number of phenolic OH excluding ortho intramolecular Hbond substituents is 1. The number of esters is 1. The molecule has 39 heavy (non-hydrogen) atoms. The largest absolute Gasteiger partial charge is 0.0440 e. The van der Waals surface area contributed by atoms with E-state index in [1.807, 2.05) is 6.07 Å². The van der Waals surface area contributed by atoms with Gasteiger partial charge in [-0.3, -0.25) is 0 Å². The molecule has 208 valence electrons. The van der Waals surface area contributed by atoms with Crippen molar-refractivity contribution in [2.45, 2.75) is 70.0 Å². The van der Waals surface area contributed by atoms with Gasteiger partial charge >= 0.3 is 141 Å². The maximum Gasteiger partial charge on any atom is -0.0191 e. The van der Waals surface area contributed by atoms with Gasteiger partial charge in [-0.2, -0.15) is 0 Å². The molecule has 0 unspecified atom stereocenters. The normalized spacial score (nSPS) is 11.1. The number of aromatic hydroxyl groups is 1. The summed E-state index contributed by atoms with van der Waals surface area (Å²) in [4.78, 5) is 17.0. The fraction of sp³-hybridized carbons (Fsp3) is 0.394. The van der Waals surface area contributed by atoms with E-state index >= 15 is 0 Å². The molecule has 5 nitrogen and oxygen atoms in total. The van der Waals surface area contributed by atoms with Crippen LogP contribution in [0.15, 0.2) is 77.8 Å². The molecule has 0 atom stereocenters. The first-order valence-electron chi connectivity index (χ1n) is 14.1. The number of phenols is 1. The molecule has 0 aliphatic heterocycles. The Morgan fingerprint density at radius 3 is 2.26 bits per heavy atom. The molecule has 0 bridgehead atoms. The number of ether oxygens (including phenoxy) is 2. The Hall–Kier alpha value is -3.08. The molecule has 0 spiro atoms. The third kappa shape index (κ3) is 12.1. The van der Waals surface area contributed by atoms with E-state index in [4.69, 9.17) is 9.47 Å². The predicted octanol–water partition coefficient (Wildman–Crippen LogP) is 7.39. The number of unbranched alkanes of at least 4 members (excludes halogenated alkanes) is 7. The van der Waals surface area contributed by atoms with Crippen molar-refractivity contribution in [2.75, 3.05) is 13.2 Å². The summed E-state index contributed by atoms with van der Waals surface area (Å²) in [5.74, 6) is 0.583. The van der Waals surface area contributed by atoms with Crippen LogP contribution in [0.1, 0.15) is 80.6 Å². The summed E-state index contributed by atoms with van der Waals surface area (Å²) >= 11 is 0.463. The average molecular weight is 595 g/mol. The van der Waals surface area contributed by atoms with E-state index < -0.39 is 5.97 Å². The summed E-state index contributed by atoms with van der Waals surface area (Å²) in [5, 5.41) is 11.5. The Bertz CT molecular complexity index is 1130. The van der Waals surface area contributed by atoms with Crippen LogP contribution in [0.4, 0.5) is 0 Å². The van der Waals surface area contributed by atoms with Gasteiger partial charge in [-0.15, -0.1) is 0 Å². The molecular weight excluding hydrogens is 553 g/mol. The van der Waals surface area contributed by atoms with Crippen molar-refractivity contribution in [2.24, 2.45) is 4.99 Å². The zero-order valence-corrected chi connectivity index (χ0v) is 24.7.